The van der Waals surface area contributed by atoms with Crippen LogP contribution in [0.15, 0.2) is 24.3 Å². The third-order valence-corrected chi connectivity index (χ3v) is 3.20. The number of hydrogen-bond acceptors (Lipinski definition) is 2. The van der Waals surface area contributed by atoms with Crippen molar-refractivity contribution in [1.29, 1.82) is 0 Å². The number of aliphatic hydroxyl groups is 1. The molecule has 17 heavy (non-hydrogen) atoms. The van der Waals surface area contributed by atoms with Crippen LogP contribution in [0.1, 0.15) is 12.8 Å². The lowest BCUT2D eigenvalue weighted by Crippen LogP contribution is -2.40. The summed E-state index contributed by atoms with van der Waals surface area (Å²) in [6.45, 7) is 0.721. The van der Waals surface area contributed by atoms with E-state index >= 15 is 0 Å². The van der Waals surface area contributed by atoms with Gasteiger partial charge in [0, 0.05) is 17.3 Å². The lowest BCUT2D eigenvalue weighted by Gasteiger charge is -2.23. The number of carbonyl (C=O) groups is 1. The summed E-state index contributed by atoms with van der Waals surface area (Å²) >= 11 is 5.76. The van der Waals surface area contributed by atoms with Crippen LogP contribution in [0.3, 0.4) is 0 Å². The Kier molecular flexibility index (Phi) is 3.86. The first-order valence-electron chi connectivity index (χ1n) is 5.65. The van der Waals surface area contributed by atoms with E-state index in [1.54, 1.807) is 29.2 Å². The standard InChI is InChI=1S/C12H15ClN2O2/c13-9-3-5-10(6-4-9)14-12(17)15-7-1-2-11(15)8-16/h3-6,11,16H,1-2,7-8H2,(H,14,17)/t11-/m0/s1. The first kappa shape index (κ1) is 12.2. The van der Waals surface area contributed by atoms with E-state index in [1.165, 1.54) is 0 Å². The smallest absolute Gasteiger partial charge is 0.322 e. The van der Waals surface area contributed by atoms with Crippen molar-refractivity contribution in [2.24, 2.45) is 0 Å². The summed E-state index contributed by atoms with van der Waals surface area (Å²) in [5, 5.41) is 12.6. The Balaban J connectivity index is 1.99. The average molecular weight is 255 g/mol. The van der Waals surface area contributed by atoms with Crippen LogP contribution in [-0.2, 0) is 0 Å². The van der Waals surface area contributed by atoms with Crippen molar-refractivity contribution >= 4 is 23.3 Å². The second-order valence-electron chi connectivity index (χ2n) is 4.11. The van der Waals surface area contributed by atoms with E-state index < -0.39 is 0 Å². The Bertz CT molecular complexity index is 394. The summed E-state index contributed by atoms with van der Waals surface area (Å²) < 4.78 is 0. The minimum Gasteiger partial charge on any atom is -0.394 e. The van der Waals surface area contributed by atoms with Crippen LogP contribution < -0.4 is 5.32 Å². The molecule has 2 N–H and O–H groups in total. The van der Waals surface area contributed by atoms with Gasteiger partial charge in [-0.3, -0.25) is 0 Å². The fourth-order valence-corrected chi connectivity index (χ4v) is 2.15. The maximum absolute atomic E-state index is 11.9. The van der Waals surface area contributed by atoms with Gasteiger partial charge in [0.2, 0.25) is 0 Å². The summed E-state index contributed by atoms with van der Waals surface area (Å²) in [7, 11) is 0. The number of nitrogens with zero attached hydrogens (tertiary/aromatic N) is 1. The monoisotopic (exact) mass is 254 g/mol. The van der Waals surface area contributed by atoms with E-state index in [9.17, 15) is 4.79 Å². The van der Waals surface area contributed by atoms with Crippen LogP contribution in [0, 0.1) is 0 Å². The number of urea groups is 1. The van der Waals surface area contributed by atoms with Gasteiger partial charge in [0.05, 0.1) is 12.6 Å². The van der Waals surface area contributed by atoms with Crippen LogP contribution in [0.25, 0.3) is 0 Å². The second kappa shape index (κ2) is 5.38. The molecule has 2 rings (SSSR count). The summed E-state index contributed by atoms with van der Waals surface area (Å²) in [6.07, 6.45) is 1.81. The Morgan fingerprint density at radius 2 is 2.18 bits per heavy atom. The molecule has 1 atom stereocenters. The Labute approximate surface area is 105 Å². The van der Waals surface area contributed by atoms with Gasteiger partial charge in [0.15, 0.2) is 0 Å². The van der Waals surface area contributed by atoms with E-state index in [-0.39, 0.29) is 18.7 Å². The van der Waals surface area contributed by atoms with Crippen LogP contribution in [-0.4, -0.2) is 35.2 Å². The molecule has 1 aromatic rings. The maximum Gasteiger partial charge on any atom is 0.322 e. The third-order valence-electron chi connectivity index (χ3n) is 2.94. The predicted molar refractivity (Wildman–Crippen MR) is 67.3 cm³/mol. The summed E-state index contributed by atoms with van der Waals surface area (Å²) in [6, 6.07) is 6.75. The number of halogens is 1. The predicted octanol–water partition coefficient (Wildman–Crippen LogP) is 2.33. The largest absolute Gasteiger partial charge is 0.394 e. The molecular weight excluding hydrogens is 240 g/mol. The van der Waals surface area contributed by atoms with Gasteiger partial charge in [0.25, 0.3) is 0 Å². The van der Waals surface area contributed by atoms with Crippen molar-refractivity contribution in [2.75, 3.05) is 18.5 Å². The molecule has 1 aromatic carbocycles. The highest BCUT2D eigenvalue weighted by Crippen LogP contribution is 2.19. The van der Waals surface area contributed by atoms with Gasteiger partial charge in [-0.25, -0.2) is 4.79 Å². The fraction of sp³-hybridized carbons (Fsp3) is 0.417. The summed E-state index contributed by atoms with van der Waals surface area (Å²) in [4.78, 5) is 13.6. The van der Waals surface area contributed by atoms with Crippen molar-refractivity contribution in [2.45, 2.75) is 18.9 Å². The van der Waals surface area contributed by atoms with Crippen LogP contribution in [0.2, 0.25) is 5.02 Å². The molecule has 1 aliphatic rings. The topological polar surface area (TPSA) is 52.6 Å². The molecule has 0 aliphatic carbocycles. The first-order chi connectivity index (χ1) is 8.20. The zero-order chi connectivity index (χ0) is 12.3. The zero-order valence-electron chi connectivity index (χ0n) is 9.40. The van der Waals surface area contributed by atoms with E-state index in [4.69, 9.17) is 16.7 Å². The van der Waals surface area contributed by atoms with Crippen LogP contribution in [0.5, 0.6) is 0 Å². The SMILES string of the molecule is O=C(Nc1ccc(Cl)cc1)N1CCC[C@H]1CO. The average Bonchev–Trinajstić information content (AvgIpc) is 2.80. The normalized spacial score (nSPS) is 19.4. The highest BCUT2D eigenvalue weighted by molar-refractivity contribution is 6.30. The van der Waals surface area contributed by atoms with Crippen molar-refractivity contribution in [3.63, 3.8) is 0 Å². The van der Waals surface area contributed by atoms with E-state index in [2.05, 4.69) is 5.32 Å². The molecule has 1 saturated heterocycles. The Hall–Kier alpha value is -1.26. The van der Waals surface area contributed by atoms with Gasteiger partial charge in [-0.05, 0) is 37.1 Å². The number of likely N-dealkylation sites (tertiary alicyclic amines) is 1. The number of anilines is 1. The molecule has 0 bridgehead atoms. The Morgan fingerprint density at radius 3 is 2.82 bits per heavy atom. The molecular formula is C12H15ClN2O2. The molecule has 1 fully saturated rings. The van der Waals surface area contributed by atoms with Gasteiger partial charge in [-0.1, -0.05) is 11.6 Å². The molecule has 5 heteroatoms. The number of benzene rings is 1. The molecule has 0 saturated carbocycles. The molecule has 0 spiro atoms. The molecule has 4 nitrogen and oxygen atoms in total. The van der Waals surface area contributed by atoms with E-state index in [0.717, 1.165) is 12.8 Å². The number of hydrogen-bond donors (Lipinski definition) is 2. The summed E-state index contributed by atoms with van der Waals surface area (Å²) in [5.41, 5.74) is 0.711. The van der Waals surface area contributed by atoms with Crippen LogP contribution in [0.4, 0.5) is 10.5 Å². The second-order valence-corrected chi connectivity index (χ2v) is 4.55. The Morgan fingerprint density at radius 1 is 1.47 bits per heavy atom. The van der Waals surface area contributed by atoms with E-state index in [1.807, 2.05) is 0 Å². The van der Waals surface area contributed by atoms with Crippen LogP contribution >= 0.6 is 11.6 Å². The molecule has 0 radical (unpaired) electrons. The van der Waals surface area contributed by atoms with Crippen molar-refractivity contribution in [1.82, 2.24) is 4.90 Å². The number of nitrogens with one attached hydrogen (secondary N) is 1. The fourth-order valence-electron chi connectivity index (χ4n) is 2.02. The summed E-state index contributed by atoms with van der Waals surface area (Å²) in [5.74, 6) is 0. The number of rotatable bonds is 2. The minimum atomic E-state index is -0.163. The van der Waals surface area contributed by atoms with Gasteiger partial charge in [-0.15, -0.1) is 0 Å². The van der Waals surface area contributed by atoms with Crippen molar-refractivity contribution in [3.05, 3.63) is 29.3 Å². The van der Waals surface area contributed by atoms with Crippen molar-refractivity contribution in [3.8, 4) is 0 Å². The van der Waals surface area contributed by atoms with Gasteiger partial charge in [-0.2, -0.15) is 0 Å². The highest BCUT2D eigenvalue weighted by atomic mass is 35.5. The quantitative estimate of drug-likeness (QED) is 0.851. The highest BCUT2D eigenvalue weighted by Gasteiger charge is 2.27. The molecule has 1 aliphatic heterocycles. The maximum atomic E-state index is 11.9. The number of aliphatic hydroxyl groups excluding tert-OH is 1. The molecule has 2 amide bonds. The van der Waals surface area contributed by atoms with Gasteiger partial charge >= 0.3 is 6.03 Å². The first-order valence-corrected chi connectivity index (χ1v) is 6.02. The lowest BCUT2D eigenvalue weighted by atomic mass is 10.2. The van der Waals surface area contributed by atoms with Gasteiger partial charge in [0.1, 0.15) is 0 Å². The molecule has 0 aromatic heterocycles. The molecule has 0 unspecified atom stereocenters. The van der Waals surface area contributed by atoms with E-state index in [0.29, 0.717) is 17.3 Å². The number of carbonyl (C=O) groups excluding carboxylic acids is 1. The van der Waals surface area contributed by atoms with Gasteiger partial charge < -0.3 is 15.3 Å². The third kappa shape index (κ3) is 2.90. The minimum absolute atomic E-state index is 0.0219. The molecule has 92 valence electrons. The number of amides is 2. The zero-order valence-corrected chi connectivity index (χ0v) is 10.2. The van der Waals surface area contributed by atoms with Crippen molar-refractivity contribution < 1.29 is 9.90 Å². The lowest BCUT2D eigenvalue weighted by molar-refractivity contribution is 0.166. The molecule has 1 heterocycles.